The molecule has 0 saturated heterocycles. The fraction of sp³-hybridized carbons (Fsp3) is 0.969. The van der Waals surface area contributed by atoms with Crippen LogP contribution in [0.15, 0.2) is 0 Å². The second kappa shape index (κ2) is 39.2. The van der Waals surface area contributed by atoms with Crippen molar-refractivity contribution >= 4 is 5.97 Å². The van der Waals surface area contributed by atoms with Crippen molar-refractivity contribution in [2.75, 3.05) is 152 Å². The molecule has 13 nitrogen and oxygen atoms in total. The number of esters is 1. The van der Waals surface area contributed by atoms with E-state index in [0.717, 1.165) is 25.7 Å². The summed E-state index contributed by atoms with van der Waals surface area (Å²) in [4.78, 5) is 12.0. The number of carbonyl (C=O) groups excluding carboxylic acids is 1. The molecule has 0 spiro atoms. The van der Waals surface area contributed by atoms with E-state index in [1.807, 2.05) is 13.8 Å². The van der Waals surface area contributed by atoms with E-state index in [1.165, 1.54) is 0 Å². The van der Waals surface area contributed by atoms with Crippen LogP contribution < -0.4 is 0 Å². The Hall–Kier alpha value is -0.970. The average Bonchev–Trinajstić information content (AvgIpc) is 3.05. The van der Waals surface area contributed by atoms with Gasteiger partial charge in [-0.3, -0.25) is 4.79 Å². The van der Waals surface area contributed by atoms with Crippen LogP contribution in [0.3, 0.4) is 0 Å². The summed E-state index contributed by atoms with van der Waals surface area (Å²) in [7, 11) is 0. The molecule has 0 fully saturated rings. The van der Waals surface area contributed by atoms with E-state index in [1.54, 1.807) is 0 Å². The first-order valence-corrected chi connectivity index (χ1v) is 16.8. The van der Waals surface area contributed by atoms with Crippen molar-refractivity contribution in [3.8, 4) is 0 Å². The second-order valence-electron chi connectivity index (χ2n) is 9.74. The summed E-state index contributed by atoms with van der Waals surface area (Å²) < 4.78 is 65.0. The Morgan fingerprint density at radius 1 is 0.400 bits per heavy atom. The molecule has 45 heavy (non-hydrogen) atoms. The Bertz CT molecular complexity index is 571. The van der Waals surface area contributed by atoms with Crippen LogP contribution in [0.1, 0.15) is 46.5 Å². The fourth-order valence-electron chi connectivity index (χ4n) is 3.60. The van der Waals surface area contributed by atoms with E-state index in [4.69, 9.17) is 56.8 Å². The quantitative estimate of drug-likeness (QED) is 0.0711. The highest BCUT2D eigenvalue weighted by Crippen LogP contribution is 2.14. The lowest BCUT2D eigenvalue weighted by atomic mass is 10.00. The minimum atomic E-state index is -0.119. The lowest BCUT2D eigenvalue weighted by Gasteiger charge is -2.13. The van der Waals surface area contributed by atoms with Gasteiger partial charge in [0.2, 0.25) is 0 Å². The largest absolute Gasteiger partial charge is 0.463 e. The molecule has 0 rings (SSSR count). The molecule has 0 saturated carbocycles. The van der Waals surface area contributed by atoms with Gasteiger partial charge in [-0.15, -0.1) is 0 Å². The summed E-state index contributed by atoms with van der Waals surface area (Å²) in [5.74, 6) is -0.121. The molecular weight excluding hydrogens is 592 g/mol. The number of hydrogen-bond acceptors (Lipinski definition) is 13. The molecule has 270 valence electrons. The molecule has 0 N–H and O–H groups in total. The van der Waals surface area contributed by atoms with Gasteiger partial charge in [0.1, 0.15) is 6.61 Å². The van der Waals surface area contributed by atoms with Crippen molar-refractivity contribution in [3.63, 3.8) is 0 Å². The van der Waals surface area contributed by atoms with Gasteiger partial charge in [0.05, 0.1) is 145 Å². The maximum atomic E-state index is 12.0. The lowest BCUT2D eigenvalue weighted by molar-refractivity contribution is -0.150. The van der Waals surface area contributed by atoms with Crippen LogP contribution >= 0.6 is 0 Å². The van der Waals surface area contributed by atoms with Gasteiger partial charge in [0, 0.05) is 6.61 Å². The van der Waals surface area contributed by atoms with Crippen LogP contribution in [0.4, 0.5) is 0 Å². The highest BCUT2D eigenvalue weighted by atomic mass is 16.6. The van der Waals surface area contributed by atoms with Crippen molar-refractivity contribution in [1.82, 2.24) is 0 Å². The molecule has 0 aromatic rings. The third kappa shape index (κ3) is 35.7. The third-order valence-electron chi connectivity index (χ3n) is 6.13. The number of carbonyl (C=O) groups is 1. The lowest BCUT2D eigenvalue weighted by Crippen LogP contribution is -2.20. The minimum absolute atomic E-state index is 0.00225. The highest BCUT2D eigenvalue weighted by Gasteiger charge is 2.16. The SMILES string of the molecule is CCCCC(CC)C(=O)OCCOCCOCCOCCOCCOCCOCCOCCOCCOCCOCCOCC. The summed E-state index contributed by atoms with van der Waals surface area (Å²) >= 11 is 0. The molecule has 13 heteroatoms. The maximum Gasteiger partial charge on any atom is 0.308 e. The van der Waals surface area contributed by atoms with Crippen molar-refractivity contribution in [1.29, 1.82) is 0 Å². The number of rotatable bonds is 39. The average molecular weight is 657 g/mol. The maximum absolute atomic E-state index is 12.0. The molecule has 0 aliphatic rings. The van der Waals surface area contributed by atoms with E-state index in [2.05, 4.69) is 6.92 Å². The van der Waals surface area contributed by atoms with Gasteiger partial charge in [-0.25, -0.2) is 0 Å². The van der Waals surface area contributed by atoms with Crippen molar-refractivity contribution < 1.29 is 61.6 Å². The topological polar surface area (TPSA) is 128 Å². The van der Waals surface area contributed by atoms with E-state index < -0.39 is 0 Å². The van der Waals surface area contributed by atoms with E-state index >= 15 is 0 Å². The van der Waals surface area contributed by atoms with Gasteiger partial charge in [-0.1, -0.05) is 26.7 Å². The van der Waals surface area contributed by atoms with Gasteiger partial charge in [0.15, 0.2) is 0 Å². The molecule has 0 heterocycles. The molecule has 1 atom stereocenters. The molecule has 0 radical (unpaired) electrons. The first-order valence-electron chi connectivity index (χ1n) is 16.8. The molecule has 0 aliphatic heterocycles. The van der Waals surface area contributed by atoms with Crippen LogP contribution in [-0.2, 0) is 61.6 Å². The van der Waals surface area contributed by atoms with E-state index in [-0.39, 0.29) is 18.5 Å². The highest BCUT2D eigenvalue weighted by molar-refractivity contribution is 5.72. The number of unbranched alkanes of at least 4 members (excludes halogenated alkanes) is 1. The fourth-order valence-corrected chi connectivity index (χ4v) is 3.60. The predicted octanol–water partition coefficient (Wildman–Crippen LogP) is 2.95. The van der Waals surface area contributed by atoms with Crippen LogP contribution in [0, 0.1) is 5.92 Å². The van der Waals surface area contributed by atoms with Crippen molar-refractivity contribution in [2.24, 2.45) is 5.92 Å². The first-order chi connectivity index (χ1) is 22.3. The van der Waals surface area contributed by atoms with Crippen molar-refractivity contribution in [3.05, 3.63) is 0 Å². The molecule has 0 aromatic heterocycles. The molecule has 0 aromatic carbocycles. The Kier molecular flexibility index (Phi) is 38.4. The minimum Gasteiger partial charge on any atom is -0.463 e. The zero-order valence-corrected chi connectivity index (χ0v) is 28.5. The summed E-state index contributed by atoms with van der Waals surface area (Å²) in [6, 6.07) is 0. The normalized spacial score (nSPS) is 12.2. The van der Waals surface area contributed by atoms with Crippen LogP contribution in [0.5, 0.6) is 0 Å². The molecule has 0 aliphatic carbocycles. The molecule has 0 bridgehead atoms. The van der Waals surface area contributed by atoms with Crippen molar-refractivity contribution in [2.45, 2.75) is 46.5 Å². The Morgan fingerprint density at radius 2 is 0.667 bits per heavy atom. The van der Waals surface area contributed by atoms with E-state index in [0.29, 0.717) is 145 Å². The van der Waals surface area contributed by atoms with Gasteiger partial charge in [-0.2, -0.15) is 0 Å². The van der Waals surface area contributed by atoms with Crippen LogP contribution in [-0.4, -0.2) is 158 Å². The molecular formula is C32H64O13. The Morgan fingerprint density at radius 3 is 0.911 bits per heavy atom. The van der Waals surface area contributed by atoms with Gasteiger partial charge in [-0.05, 0) is 19.8 Å². The summed E-state index contributed by atoms with van der Waals surface area (Å²) in [6.45, 7) is 17.8. The van der Waals surface area contributed by atoms with Crippen LogP contribution in [0.2, 0.25) is 0 Å². The number of hydrogen-bond donors (Lipinski definition) is 0. The third-order valence-corrected chi connectivity index (χ3v) is 6.13. The van der Waals surface area contributed by atoms with E-state index in [9.17, 15) is 4.79 Å². The predicted molar refractivity (Wildman–Crippen MR) is 169 cm³/mol. The summed E-state index contributed by atoms with van der Waals surface area (Å²) in [5.41, 5.74) is 0. The standard InChI is InChI=1S/C32H64O13/c1-4-7-8-31(5-2)32(33)45-30-29-44-28-27-43-26-25-42-24-23-41-22-21-40-20-19-39-18-17-38-16-15-37-14-13-36-12-11-35-10-9-34-6-3/h31H,4-30H2,1-3H3. The van der Waals surface area contributed by atoms with Crippen LogP contribution in [0.25, 0.3) is 0 Å². The first kappa shape index (κ1) is 44.0. The monoisotopic (exact) mass is 656 g/mol. The smallest absolute Gasteiger partial charge is 0.308 e. The summed E-state index contributed by atoms with van der Waals surface area (Å²) in [6.07, 6.45) is 3.84. The second-order valence-corrected chi connectivity index (χ2v) is 9.74. The Labute approximate surface area is 272 Å². The van der Waals surface area contributed by atoms with Gasteiger partial charge < -0.3 is 56.8 Å². The number of ether oxygens (including phenoxy) is 12. The molecule has 1 unspecified atom stereocenters. The zero-order valence-electron chi connectivity index (χ0n) is 28.5. The zero-order chi connectivity index (χ0) is 32.7. The Balaban J connectivity index is 3.14. The molecule has 0 amide bonds. The van der Waals surface area contributed by atoms with Gasteiger partial charge in [0.25, 0.3) is 0 Å². The summed E-state index contributed by atoms with van der Waals surface area (Å²) in [5, 5.41) is 0. The van der Waals surface area contributed by atoms with Gasteiger partial charge >= 0.3 is 5.97 Å².